The van der Waals surface area contributed by atoms with Gasteiger partial charge in [0.25, 0.3) is 0 Å². The van der Waals surface area contributed by atoms with Gasteiger partial charge in [-0.05, 0) is 44.5 Å². The van der Waals surface area contributed by atoms with E-state index < -0.39 is 0 Å². The molecule has 0 atom stereocenters. The Morgan fingerprint density at radius 1 is 0.833 bits per heavy atom. The first-order valence-corrected chi connectivity index (χ1v) is 27.3. The Morgan fingerprint density at radius 3 is 1.50 bits per heavy atom. The van der Waals surface area contributed by atoms with Crippen molar-refractivity contribution in [1.82, 2.24) is 4.90 Å². The van der Waals surface area contributed by atoms with Crippen molar-refractivity contribution in [2.75, 3.05) is 7.05 Å². The van der Waals surface area contributed by atoms with E-state index in [9.17, 15) is 9.59 Å². The molecule has 30 heavy (non-hydrogen) atoms. The molecule has 0 aromatic heterocycles. The molecule has 2 amide bonds. The third-order valence-corrected chi connectivity index (χ3v) is 3.69. The molecule has 10 heteroatoms. The number of aromatic hydroxyl groups is 2. The second kappa shape index (κ2) is 20.4. The molecule has 1 aliphatic heterocycles. The van der Waals surface area contributed by atoms with Crippen LogP contribution in [0, 0.1) is 20.8 Å². The van der Waals surface area contributed by atoms with Gasteiger partial charge in [0.1, 0.15) is 11.5 Å². The molecular weight excluding hydrogens is 953 g/mol. The molecule has 2 N–H and O–H groups in total. The van der Waals surface area contributed by atoms with Crippen LogP contribution >= 0.6 is 74.5 Å². The average Bonchev–Trinajstić information content (AvgIpc) is 3.01. The van der Waals surface area contributed by atoms with Crippen LogP contribution in [-0.2, 0) is 9.59 Å². The summed E-state index contributed by atoms with van der Waals surface area (Å²) in [7, 11) is 1.51. The number of benzene rings is 2. The number of carbonyl (C=O) groups excluding carboxylic acids is 2. The number of amides is 2. The molecule has 0 radical (unpaired) electrons. The van der Waals surface area contributed by atoms with E-state index in [1.165, 1.54) is 23.1 Å². The van der Waals surface area contributed by atoms with Gasteiger partial charge in [0.2, 0.25) is 11.8 Å². The Hall–Kier alpha value is 0.830. The molecule has 2 aromatic rings. The summed E-state index contributed by atoms with van der Waals surface area (Å²) in [6.45, 7) is 5.88. The van der Waals surface area contributed by atoms with Gasteiger partial charge in [0, 0.05) is 57.1 Å². The van der Waals surface area contributed by atoms with Gasteiger partial charge >= 0.3 is 50.5 Å². The second-order valence-electron chi connectivity index (χ2n) is 6.03. The topological polar surface area (TPSA) is 77.8 Å². The van der Waals surface area contributed by atoms with E-state index >= 15 is 0 Å². The Labute approximate surface area is 232 Å². The molecular formula is C20H25I5NO4-. The molecule has 3 rings (SSSR count). The molecule has 170 valence electrons. The van der Waals surface area contributed by atoms with Crippen LogP contribution in [0.15, 0.2) is 42.5 Å². The summed E-state index contributed by atoms with van der Waals surface area (Å²) in [6, 6.07) is 12.7. The first-order chi connectivity index (χ1) is 14.1. The number of nitrogens with zero attached hydrogens (tertiary/aromatic N) is 1. The number of hydrogen-bond acceptors (Lipinski definition) is 4. The van der Waals surface area contributed by atoms with E-state index in [1.54, 1.807) is 18.2 Å². The van der Waals surface area contributed by atoms with Gasteiger partial charge in [-0.25, -0.2) is 0 Å². The molecule has 1 heterocycles. The van der Waals surface area contributed by atoms with Gasteiger partial charge in [-0.2, -0.15) is 0 Å². The van der Waals surface area contributed by atoms with Crippen LogP contribution in [-0.4, -0.2) is 34.0 Å². The zero-order chi connectivity index (χ0) is 23.7. The maximum atomic E-state index is 10.5. The number of phenolic OH excluding ortho intramolecular Hbond substituents is 2. The predicted molar refractivity (Wildman–Crippen MR) is 154 cm³/mol. The fraction of sp³-hybridized carbons (Fsp3) is 0.300. The number of carbonyl (C=O) groups is 2. The van der Waals surface area contributed by atoms with Crippen molar-refractivity contribution in [3.05, 3.63) is 59.2 Å². The van der Waals surface area contributed by atoms with Crippen molar-refractivity contribution < 1.29 is 33.1 Å². The molecule has 1 aliphatic rings. The Morgan fingerprint density at radius 2 is 1.23 bits per heavy atom. The van der Waals surface area contributed by atoms with Gasteiger partial charge in [-0.1, -0.05) is 35.4 Å². The number of phenols is 2. The van der Waals surface area contributed by atoms with E-state index in [1.807, 2.05) is 45.0 Å². The van der Waals surface area contributed by atoms with Crippen LogP contribution in [0.5, 0.6) is 11.5 Å². The summed E-state index contributed by atoms with van der Waals surface area (Å²) in [5, 5.41) is 17.8. The molecule has 0 unspecified atom stereocenters. The summed E-state index contributed by atoms with van der Waals surface area (Å²) >= 11 is 9.54. The fourth-order valence-corrected chi connectivity index (χ4v) is 2.04. The molecule has 0 bridgehead atoms. The molecule has 5 nitrogen and oxygen atoms in total. The molecule has 2 aromatic carbocycles. The number of hydrogen-bond donors (Lipinski definition) is 2. The van der Waals surface area contributed by atoms with Gasteiger partial charge in [0.15, 0.2) is 0 Å². The van der Waals surface area contributed by atoms with Crippen molar-refractivity contribution in [3.63, 3.8) is 0 Å². The zero-order valence-corrected chi connectivity index (χ0v) is 27.8. The number of aryl methyl sites for hydroxylation is 3. The second-order valence-corrected chi connectivity index (χ2v) is 22.3. The van der Waals surface area contributed by atoms with E-state index in [0.29, 0.717) is 37.6 Å². The van der Waals surface area contributed by atoms with Crippen LogP contribution in [0.2, 0.25) is 0 Å². The summed E-state index contributed by atoms with van der Waals surface area (Å²) in [4.78, 5) is 22.1. The van der Waals surface area contributed by atoms with E-state index in [2.05, 4.69) is 74.5 Å². The van der Waals surface area contributed by atoms with Gasteiger partial charge < -0.3 is 10.2 Å². The monoisotopic (exact) mass is 978 g/mol. The number of halogens is 5. The van der Waals surface area contributed by atoms with E-state index in [4.69, 9.17) is 10.2 Å². The predicted octanol–water partition coefficient (Wildman–Crippen LogP) is 4.02. The van der Waals surface area contributed by atoms with Gasteiger partial charge in [-0.15, -0.1) is 0 Å². The van der Waals surface area contributed by atoms with Crippen molar-refractivity contribution in [1.29, 1.82) is 0 Å². The molecule has 0 spiro atoms. The first-order valence-electron chi connectivity index (χ1n) is 8.44. The average molecular weight is 978 g/mol. The van der Waals surface area contributed by atoms with Crippen molar-refractivity contribution in [2.24, 2.45) is 0 Å². The number of likely N-dealkylation sites (tertiary alicyclic amines) is 1. The first kappa shape index (κ1) is 33.0. The Bertz CT molecular complexity index is 720. The molecule has 0 saturated carbocycles. The van der Waals surface area contributed by atoms with Gasteiger partial charge in [0.05, 0.1) is 0 Å². The summed E-state index contributed by atoms with van der Waals surface area (Å²) < 4.78 is 0. The third kappa shape index (κ3) is 16.5. The molecule has 1 saturated heterocycles. The number of rotatable bonds is 0. The van der Waals surface area contributed by atoms with Gasteiger partial charge in [-0.3, -0.25) is 14.5 Å². The fourth-order valence-electron chi connectivity index (χ4n) is 2.04. The third-order valence-electron chi connectivity index (χ3n) is 3.69. The normalized spacial score (nSPS) is 11.7. The summed E-state index contributed by atoms with van der Waals surface area (Å²) in [5.74, 6) is 0.584. The van der Waals surface area contributed by atoms with Crippen molar-refractivity contribution >= 4 is 86.3 Å². The number of imide groups is 1. The van der Waals surface area contributed by atoms with Crippen LogP contribution in [0.4, 0.5) is 0 Å². The molecule has 0 aliphatic carbocycles. The molecule has 1 fully saturated rings. The SMILES string of the molecule is CN1C(=O)CCC1=O.Cc1ccc(O)c(C)c1.Cc1ccc(O)cc1.II.I[I-]I. The van der Waals surface area contributed by atoms with E-state index in [0.717, 1.165) is 5.56 Å². The van der Waals surface area contributed by atoms with Crippen LogP contribution in [0.25, 0.3) is 0 Å². The quantitative estimate of drug-likeness (QED) is 0.310. The van der Waals surface area contributed by atoms with Crippen LogP contribution in [0.1, 0.15) is 29.5 Å². The Balaban J connectivity index is 0. The van der Waals surface area contributed by atoms with Crippen molar-refractivity contribution in [3.8, 4) is 11.5 Å². The van der Waals surface area contributed by atoms with Crippen LogP contribution < -0.4 is 13.3 Å². The minimum absolute atomic E-state index is 0.0602. The standard InChI is InChI=1S/C8H10O.C7H8O.C5H7NO2.I3.I2/c1-6-3-4-8(9)7(2)5-6;1-6-2-4-7(8)5-3-6;1-6-4(7)2-3-5(6)8;1-3-2;1-2/h3-5,9H,1-2H3;2-5,8H,1H3;2-3H2,1H3;;/q;;;-1;. The minimum atomic E-state index is -0.0602. The van der Waals surface area contributed by atoms with Crippen molar-refractivity contribution in [2.45, 2.75) is 33.6 Å². The maximum absolute atomic E-state index is 10.5. The Kier molecular flexibility index (Phi) is 22.5. The van der Waals surface area contributed by atoms with Crippen LogP contribution in [0.3, 0.4) is 0 Å². The van der Waals surface area contributed by atoms with E-state index in [-0.39, 0.29) is 11.8 Å². The summed E-state index contributed by atoms with van der Waals surface area (Å²) in [6.07, 6.45) is 0.796. The zero-order valence-electron chi connectivity index (χ0n) is 17.0. The summed E-state index contributed by atoms with van der Waals surface area (Å²) in [5.41, 5.74) is 3.29.